The number of benzene rings is 2. The molecular formula is C17H13BrClN3. The van der Waals surface area contributed by atoms with E-state index in [4.69, 9.17) is 11.6 Å². The molecule has 3 nitrogen and oxygen atoms in total. The Morgan fingerprint density at radius 3 is 2.45 bits per heavy atom. The van der Waals surface area contributed by atoms with Crippen molar-refractivity contribution in [2.75, 3.05) is 0 Å². The molecule has 110 valence electrons. The molecule has 5 heteroatoms. The van der Waals surface area contributed by atoms with Gasteiger partial charge in [0.2, 0.25) is 0 Å². The molecule has 0 saturated carbocycles. The predicted molar refractivity (Wildman–Crippen MR) is 95.2 cm³/mol. The SMILES string of the molecule is Cc1[nH]nc(N=Cc2ccc(Br)cc2)c1-c1ccc(Cl)cc1. The molecule has 2 aromatic carbocycles. The van der Waals surface area contributed by atoms with E-state index in [2.05, 4.69) is 31.1 Å². The maximum atomic E-state index is 5.95. The molecule has 1 aromatic heterocycles. The van der Waals surface area contributed by atoms with E-state index in [9.17, 15) is 0 Å². The fraction of sp³-hybridized carbons (Fsp3) is 0.0588. The van der Waals surface area contributed by atoms with Gasteiger partial charge >= 0.3 is 0 Å². The first-order valence-electron chi connectivity index (χ1n) is 6.74. The third-order valence-corrected chi connectivity index (χ3v) is 4.05. The second kappa shape index (κ2) is 6.46. The lowest BCUT2D eigenvalue weighted by Gasteiger charge is -2.01. The summed E-state index contributed by atoms with van der Waals surface area (Å²) in [6, 6.07) is 15.6. The van der Waals surface area contributed by atoms with E-state index in [-0.39, 0.29) is 0 Å². The summed E-state index contributed by atoms with van der Waals surface area (Å²) < 4.78 is 1.04. The van der Waals surface area contributed by atoms with Crippen molar-refractivity contribution in [3.63, 3.8) is 0 Å². The van der Waals surface area contributed by atoms with Crippen molar-refractivity contribution in [3.05, 3.63) is 69.3 Å². The van der Waals surface area contributed by atoms with Gasteiger partial charge in [0.1, 0.15) is 0 Å². The van der Waals surface area contributed by atoms with Crippen LogP contribution < -0.4 is 0 Å². The highest BCUT2D eigenvalue weighted by molar-refractivity contribution is 9.10. The van der Waals surface area contributed by atoms with Crippen molar-refractivity contribution < 1.29 is 0 Å². The van der Waals surface area contributed by atoms with Gasteiger partial charge in [0.25, 0.3) is 0 Å². The number of halogens is 2. The average molecular weight is 375 g/mol. The molecule has 0 bridgehead atoms. The quantitative estimate of drug-likeness (QED) is 0.600. The number of aromatic nitrogens is 2. The number of nitrogens with zero attached hydrogens (tertiary/aromatic N) is 2. The third-order valence-electron chi connectivity index (χ3n) is 3.27. The zero-order valence-electron chi connectivity index (χ0n) is 11.8. The highest BCUT2D eigenvalue weighted by Gasteiger charge is 2.11. The summed E-state index contributed by atoms with van der Waals surface area (Å²) in [6.45, 7) is 1.98. The van der Waals surface area contributed by atoms with E-state index in [1.807, 2.05) is 61.7 Å². The standard InChI is InChI=1S/C17H13BrClN3/c1-11-16(13-4-8-15(19)9-5-13)17(22-21-11)20-10-12-2-6-14(18)7-3-12/h2-10H,1H3,(H,21,22). The summed E-state index contributed by atoms with van der Waals surface area (Å²) in [5, 5.41) is 7.99. The van der Waals surface area contributed by atoms with Crippen LogP contribution in [0.25, 0.3) is 11.1 Å². The molecule has 0 radical (unpaired) electrons. The molecule has 0 aliphatic carbocycles. The van der Waals surface area contributed by atoms with Crippen LogP contribution in [0.3, 0.4) is 0 Å². The zero-order chi connectivity index (χ0) is 15.5. The number of rotatable bonds is 3. The van der Waals surface area contributed by atoms with E-state index in [1.54, 1.807) is 0 Å². The first-order chi connectivity index (χ1) is 10.6. The first-order valence-corrected chi connectivity index (χ1v) is 7.91. The third kappa shape index (κ3) is 3.29. The van der Waals surface area contributed by atoms with Crippen molar-refractivity contribution in [1.29, 1.82) is 0 Å². The summed E-state index contributed by atoms with van der Waals surface area (Å²) >= 11 is 9.37. The van der Waals surface area contributed by atoms with Gasteiger partial charge in [-0.25, -0.2) is 4.99 Å². The van der Waals surface area contributed by atoms with Crippen molar-refractivity contribution in [2.24, 2.45) is 4.99 Å². The Hall–Kier alpha value is -1.91. The average Bonchev–Trinajstić information content (AvgIpc) is 2.89. The highest BCUT2D eigenvalue weighted by Crippen LogP contribution is 2.32. The summed E-state index contributed by atoms with van der Waals surface area (Å²) in [5.74, 6) is 0.669. The van der Waals surface area contributed by atoms with Crippen molar-refractivity contribution in [1.82, 2.24) is 10.2 Å². The van der Waals surface area contributed by atoms with Gasteiger partial charge in [0.05, 0.1) is 0 Å². The fourth-order valence-electron chi connectivity index (χ4n) is 2.16. The normalized spacial score (nSPS) is 11.2. The van der Waals surface area contributed by atoms with Crippen LogP contribution in [0.1, 0.15) is 11.3 Å². The molecule has 22 heavy (non-hydrogen) atoms. The topological polar surface area (TPSA) is 41.0 Å². The number of aromatic amines is 1. The van der Waals surface area contributed by atoms with E-state index in [1.165, 1.54) is 0 Å². The summed E-state index contributed by atoms with van der Waals surface area (Å²) in [6.07, 6.45) is 1.81. The Morgan fingerprint density at radius 1 is 1.09 bits per heavy atom. The Kier molecular flexibility index (Phi) is 4.41. The van der Waals surface area contributed by atoms with Gasteiger partial charge in [0, 0.05) is 27.0 Å². The Balaban J connectivity index is 1.95. The smallest absolute Gasteiger partial charge is 0.181 e. The van der Waals surface area contributed by atoms with Gasteiger partial charge in [-0.1, -0.05) is 51.8 Å². The van der Waals surface area contributed by atoms with E-state index in [0.717, 1.165) is 26.9 Å². The number of H-pyrrole nitrogens is 1. The molecule has 0 saturated heterocycles. The molecule has 0 aliphatic rings. The van der Waals surface area contributed by atoms with Crippen LogP contribution in [0.2, 0.25) is 5.02 Å². The van der Waals surface area contributed by atoms with Crippen LogP contribution in [0, 0.1) is 6.92 Å². The van der Waals surface area contributed by atoms with Gasteiger partial charge in [-0.15, -0.1) is 0 Å². The van der Waals surface area contributed by atoms with Crippen LogP contribution >= 0.6 is 27.5 Å². The Labute approximate surface area is 142 Å². The largest absolute Gasteiger partial charge is 0.280 e. The predicted octanol–water partition coefficient (Wildman–Crippen LogP) is 5.55. The molecule has 1 N–H and O–H groups in total. The minimum atomic E-state index is 0.669. The first kappa shape index (κ1) is 15.0. The minimum absolute atomic E-state index is 0.669. The molecule has 0 aliphatic heterocycles. The summed E-state index contributed by atoms with van der Waals surface area (Å²) in [4.78, 5) is 4.51. The number of aryl methyl sites for hydroxylation is 1. The van der Waals surface area contributed by atoms with Gasteiger partial charge in [0.15, 0.2) is 5.82 Å². The number of hydrogen-bond acceptors (Lipinski definition) is 2. The molecule has 0 amide bonds. The van der Waals surface area contributed by atoms with Crippen molar-refractivity contribution >= 4 is 39.6 Å². The van der Waals surface area contributed by atoms with Crippen LogP contribution in [-0.4, -0.2) is 16.4 Å². The molecule has 0 atom stereocenters. The van der Waals surface area contributed by atoms with Crippen LogP contribution in [0.15, 0.2) is 58.0 Å². The molecule has 0 unspecified atom stereocenters. The van der Waals surface area contributed by atoms with Crippen LogP contribution in [0.5, 0.6) is 0 Å². The molecular weight excluding hydrogens is 362 g/mol. The second-order valence-corrected chi connectivity index (χ2v) is 6.22. The van der Waals surface area contributed by atoms with E-state index in [0.29, 0.717) is 10.8 Å². The second-order valence-electron chi connectivity index (χ2n) is 4.86. The molecule has 3 rings (SSSR count). The summed E-state index contributed by atoms with van der Waals surface area (Å²) in [7, 11) is 0. The number of nitrogens with one attached hydrogen (secondary N) is 1. The highest BCUT2D eigenvalue weighted by atomic mass is 79.9. The van der Waals surface area contributed by atoms with Gasteiger partial charge in [-0.3, -0.25) is 5.10 Å². The number of hydrogen-bond donors (Lipinski definition) is 1. The number of aliphatic imine (C=N–C) groups is 1. The van der Waals surface area contributed by atoms with Crippen molar-refractivity contribution in [2.45, 2.75) is 6.92 Å². The zero-order valence-corrected chi connectivity index (χ0v) is 14.2. The lowest BCUT2D eigenvalue weighted by atomic mass is 10.1. The lowest BCUT2D eigenvalue weighted by molar-refractivity contribution is 1.04. The van der Waals surface area contributed by atoms with Gasteiger partial charge < -0.3 is 0 Å². The Morgan fingerprint density at radius 2 is 1.77 bits per heavy atom. The molecule has 3 aromatic rings. The van der Waals surface area contributed by atoms with Gasteiger partial charge in [-0.05, 0) is 42.3 Å². The van der Waals surface area contributed by atoms with Crippen LogP contribution in [-0.2, 0) is 0 Å². The molecule has 0 spiro atoms. The monoisotopic (exact) mass is 373 g/mol. The lowest BCUT2D eigenvalue weighted by Crippen LogP contribution is -1.82. The van der Waals surface area contributed by atoms with E-state index < -0.39 is 0 Å². The van der Waals surface area contributed by atoms with Gasteiger partial charge in [-0.2, -0.15) is 5.10 Å². The maximum Gasteiger partial charge on any atom is 0.181 e. The van der Waals surface area contributed by atoms with Crippen LogP contribution in [0.4, 0.5) is 5.82 Å². The molecule has 0 fully saturated rings. The summed E-state index contributed by atoms with van der Waals surface area (Å²) in [5.41, 5.74) is 4.03. The maximum absolute atomic E-state index is 5.95. The minimum Gasteiger partial charge on any atom is -0.280 e. The fourth-order valence-corrected chi connectivity index (χ4v) is 2.55. The Bertz CT molecular complexity index is 805. The van der Waals surface area contributed by atoms with E-state index >= 15 is 0 Å². The van der Waals surface area contributed by atoms with Crippen molar-refractivity contribution in [3.8, 4) is 11.1 Å². The molecule has 1 heterocycles.